The number of nitrogens with zero attached hydrogens (tertiary/aromatic N) is 3. The SMILES string of the molecule is C[n+]1ccn(/N=C(\[O-])c2cccc(-c3ccc(C(F)(F)F)cc3)c2)c1. The Morgan fingerprint density at radius 3 is 2.40 bits per heavy atom. The summed E-state index contributed by atoms with van der Waals surface area (Å²) in [6.07, 6.45) is 0.646. The molecule has 4 nitrogen and oxygen atoms in total. The van der Waals surface area contributed by atoms with Crippen LogP contribution in [0.5, 0.6) is 0 Å². The summed E-state index contributed by atoms with van der Waals surface area (Å²) < 4.78 is 41.1. The van der Waals surface area contributed by atoms with Gasteiger partial charge in [-0.25, -0.2) is 4.57 Å². The Morgan fingerprint density at radius 1 is 1.08 bits per heavy atom. The molecule has 0 saturated carbocycles. The molecule has 128 valence electrons. The molecule has 1 heterocycles. The van der Waals surface area contributed by atoms with E-state index < -0.39 is 17.6 Å². The molecule has 0 aliphatic carbocycles. The third-order valence-electron chi connectivity index (χ3n) is 3.62. The van der Waals surface area contributed by atoms with Crippen molar-refractivity contribution < 1.29 is 22.8 Å². The van der Waals surface area contributed by atoms with Gasteiger partial charge in [0.2, 0.25) is 0 Å². The molecule has 0 aliphatic heterocycles. The van der Waals surface area contributed by atoms with E-state index in [1.807, 2.05) is 7.05 Å². The summed E-state index contributed by atoms with van der Waals surface area (Å²) in [4.78, 5) is 0. The first kappa shape index (κ1) is 16.8. The van der Waals surface area contributed by atoms with Gasteiger partial charge in [0.15, 0.2) is 6.20 Å². The fourth-order valence-corrected chi connectivity index (χ4v) is 2.34. The fourth-order valence-electron chi connectivity index (χ4n) is 2.34. The molecule has 0 radical (unpaired) electrons. The van der Waals surface area contributed by atoms with Crippen LogP contribution >= 0.6 is 0 Å². The van der Waals surface area contributed by atoms with Crippen LogP contribution in [-0.2, 0) is 13.2 Å². The molecule has 3 rings (SSSR count). The van der Waals surface area contributed by atoms with Gasteiger partial charge < -0.3 is 5.11 Å². The number of hydrogen-bond acceptors (Lipinski definition) is 2. The van der Waals surface area contributed by atoms with Gasteiger partial charge >= 0.3 is 6.18 Å². The number of hydrogen-bond donors (Lipinski definition) is 0. The third kappa shape index (κ3) is 3.88. The van der Waals surface area contributed by atoms with Crippen LogP contribution in [0.4, 0.5) is 13.2 Å². The minimum Gasteiger partial charge on any atom is -0.856 e. The summed E-state index contributed by atoms with van der Waals surface area (Å²) in [5, 5.41) is 16.2. The van der Waals surface area contributed by atoms with E-state index in [0.29, 0.717) is 16.7 Å². The molecule has 3 aromatic rings. The van der Waals surface area contributed by atoms with Crippen molar-refractivity contribution >= 4 is 5.90 Å². The quantitative estimate of drug-likeness (QED) is 0.409. The van der Waals surface area contributed by atoms with Crippen molar-refractivity contribution in [1.29, 1.82) is 0 Å². The molecule has 0 N–H and O–H groups in total. The summed E-state index contributed by atoms with van der Waals surface area (Å²) in [6.45, 7) is 0. The van der Waals surface area contributed by atoms with Gasteiger partial charge in [-0.15, -0.1) is 4.68 Å². The van der Waals surface area contributed by atoms with Crippen LogP contribution in [0.3, 0.4) is 0 Å². The number of benzene rings is 2. The lowest BCUT2D eigenvalue weighted by atomic mass is 10.0. The first-order valence-electron chi connectivity index (χ1n) is 7.40. The van der Waals surface area contributed by atoms with Crippen LogP contribution < -0.4 is 9.67 Å². The molecule has 0 saturated heterocycles. The van der Waals surface area contributed by atoms with Gasteiger partial charge in [0.25, 0.3) is 6.33 Å². The van der Waals surface area contributed by atoms with Gasteiger partial charge in [-0.3, -0.25) is 0 Å². The van der Waals surface area contributed by atoms with Crippen molar-refractivity contribution in [2.24, 2.45) is 12.1 Å². The zero-order valence-electron chi connectivity index (χ0n) is 13.2. The van der Waals surface area contributed by atoms with E-state index in [1.165, 1.54) is 16.8 Å². The Balaban J connectivity index is 1.90. The molecule has 0 unspecified atom stereocenters. The highest BCUT2D eigenvalue weighted by molar-refractivity contribution is 5.92. The van der Waals surface area contributed by atoms with Crippen LogP contribution in [0.25, 0.3) is 11.1 Å². The predicted molar refractivity (Wildman–Crippen MR) is 84.4 cm³/mol. The summed E-state index contributed by atoms with van der Waals surface area (Å²) in [5.41, 5.74) is 0.885. The first-order valence-corrected chi connectivity index (χ1v) is 7.40. The molecule has 0 bridgehead atoms. The highest BCUT2D eigenvalue weighted by atomic mass is 19.4. The maximum absolute atomic E-state index is 12.6. The molecule has 2 aromatic carbocycles. The van der Waals surface area contributed by atoms with Crippen molar-refractivity contribution in [1.82, 2.24) is 4.68 Å². The Bertz CT molecular complexity index is 912. The average molecular weight is 345 g/mol. The molecule has 0 aliphatic rings. The van der Waals surface area contributed by atoms with E-state index in [1.54, 1.807) is 47.6 Å². The van der Waals surface area contributed by atoms with Gasteiger partial charge in [0.1, 0.15) is 6.20 Å². The minimum absolute atomic E-state index is 0.355. The van der Waals surface area contributed by atoms with Crippen LogP contribution in [0, 0.1) is 0 Å². The van der Waals surface area contributed by atoms with Crippen LogP contribution in [0.2, 0.25) is 0 Å². The standard InChI is InChI=1S/C18H14F3N3O/c1-23-9-10-24(12-23)22-17(25)15-4-2-3-14(11-15)13-5-7-16(8-6-13)18(19,20)21/h2-12H,1H3. The lowest BCUT2D eigenvalue weighted by molar-refractivity contribution is -0.671. The lowest BCUT2D eigenvalue weighted by Gasteiger charge is -2.11. The number of alkyl halides is 3. The second-order valence-electron chi connectivity index (χ2n) is 5.52. The van der Waals surface area contributed by atoms with Gasteiger partial charge in [0, 0.05) is 5.90 Å². The molecule has 1 aromatic heterocycles. The summed E-state index contributed by atoms with van der Waals surface area (Å²) >= 11 is 0. The highest BCUT2D eigenvalue weighted by Gasteiger charge is 2.29. The molecule has 0 spiro atoms. The average Bonchev–Trinajstić information content (AvgIpc) is 2.99. The van der Waals surface area contributed by atoms with E-state index in [0.717, 1.165) is 12.1 Å². The summed E-state index contributed by atoms with van der Waals surface area (Å²) in [5.74, 6) is -0.440. The topological polar surface area (TPSA) is 44.2 Å². The number of rotatable bonds is 3. The summed E-state index contributed by atoms with van der Waals surface area (Å²) in [7, 11) is 1.81. The molecular weight excluding hydrogens is 331 g/mol. The molecule has 7 heteroatoms. The Morgan fingerprint density at radius 2 is 1.80 bits per heavy atom. The smallest absolute Gasteiger partial charge is 0.416 e. The highest BCUT2D eigenvalue weighted by Crippen LogP contribution is 2.31. The molecular formula is C18H14F3N3O. The maximum atomic E-state index is 12.6. The van der Waals surface area contributed by atoms with Gasteiger partial charge in [-0.2, -0.15) is 13.2 Å². The van der Waals surface area contributed by atoms with E-state index in [4.69, 9.17) is 0 Å². The van der Waals surface area contributed by atoms with E-state index in [-0.39, 0.29) is 0 Å². The maximum Gasteiger partial charge on any atom is 0.416 e. The van der Waals surface area contributed by atoms with E-state index >= 15 is 0 Å². The normalized spacial score (nSPS) is 12.4. The largest absolute Gasteiger partial charge is 0.856 e. The zero-order valence-corrected chi connectivity index (χ0v) is 13.2. The van der Waals surface area contributed by atoms with Crippen LogP contribution in [0.1, 0.15) is 11.1 Å². The Hall–Kier alpha value is -3.09. The van der Waals surface area contributed by atoms with E-state index in [9.17, 15) is 18.3 Å². The van der Waals surface area contributed by atoms with Crippen molar-refractivity contribution in [3.05, 3.63) is 78.4 Å². The van der Waals surface area contributed by atoms with E-state index in [2.05, 4.69) is 5.10 Å². The molecule has 0 atom stereocenters. The third-order valence-corrected chi connectivity index (χ3v) is 3.62. The zero-order chi connectivity index (χ0) is 18.0. The Labute approximate surface area is 142 Å². The van der Waals surface area contributed by atoms with Gasteiger partial charge in [-0.05, 0) is 34.9 Å². The van der Waals surface area contributed by atoms with Crippen molar-refractivity contribution in [3.63, 3.8) is 0 Å². The van der Waals surface area contributed by atoms with Crippen LogP contribution in [0.15, 0.2) is 72.4 Å². The molecule has 0 fully saturated rings. The van der Waals surface area contributed by atoms with Crippen molar-refractivity contribution in [2.75, 3.05) is 0 Å². The van der Waals surface area contributed by atoms with Gasteiger partial charge in [-0.1, -0.05) is 35.4 Å². The lowest BCUT2D eigenvalue weighted by Crippen LogP contribution is -2.24. The number of halogens is 3. The second kappa shape index (κ2) is 6.43. The predicted octanol–water partition coefficient (Wildman–Crippen LogP) is 2.57. The molecule has 0 amide bonds. The van der Waals surface area contributed by atoms with Crippen LogP contribution in [-0.4, -0.2) is 10.6 Å². The van der Waals surface area contributed by atoms with Gasteiger partial charge in [0.05, 0.1) is 12.6 Å². The molecule has 25 heavy (non-hydrogen) atoms. The van der Waals surface area contributed by atoms with Crippen molar-refractivity contribution in [3.8, 4) is 11.1 Å². The first-order chi connectivity index (χ1) is 11.8. The van der Waals surface area contributed by atoms with Crippen molar-refractivity contribution in [2.45, 2.75) is 6.18 Å². The second-order valence-corrected chi connectivity index (χ2v) is 5.52. The fraction of sp³-hybridized carbons (Fsp3) is 0.111. The summed E-state index contributed by atoms with van der Waals surface area (Å²) in [6, 6.07) is 11.4. The number of aryl methyl sites for hydroxylation is 1. The Kier molecular flexibility index (Phi) is 4.31. The number of aromatic nitrogens is 2. The number of imidazole rings is 1. The monoisotopic (exact) mass is 345 g/mol. The minimum atomic E-state index is -4.37.